The SMILES string of the molecule is CC[NH+]1CCC(NC(=O)C[NH+]2CCC[C@@H](c3nc4ccccc4s3)C2)CC1. The summed E-state index contributed by atoms with van der Waals surface area (Å²) in [4.78, 5) is 20.5. The normalized spacial score (nSPS) is 28.9. The first-order valence-electron chi connectivity index (χ1n) is 10.5. The topological polar surface area (TPSA) is 50.9 Å². The Balaban J connectivity index is 1.30. The Hall–Kier alpha value is -1.50. The molecule has 0 spiro atoms. The second kappa shape index (κ2) is 8.67. The molecule has 1 aromatic heterocycles. The zero-order chi connectivity index (χ0) is 18.6. The number of quaternary nitrogens is 2. The number of rotatable bonds is 5. The third-order valence-electron chi connectivity index (χ3n) is 6.25. The first-order chi connectivity index (χ1) is 13.2. The Morgan fingerprint density at radius 3 is 2.78 bits per heavy atom. The Labute approximate surface area is 165 Å². The number of fused-ring (bicyclic) bond motifs is 1. The molecule has 0 aliphatic carbocycles. The maximum absolute atomic E-state index is 12.6. The molecule has 2 atom stereocenters. The number of nitrogens with zero attached hydrogens (tertiary/aromatic N) is 1. The van der Waals surface area contributed by atoms with Crippen molar-refractivity contribution in [2.24, 2.45) is 0 Å². The fourth-order valence-electron chi connectivity index (χ4n) is 4.62. The number of nitrogens with one attached hydrogen (secondary N) is 3. The van der Waals surface area contributed by atoms with E-state index in [2.05, 4.69) is 36.5 Å². The van der Waals surface area contributed by atoms with Crippen molar-refractivity contribution >= 4 is 27.5 Å². The molecule has 0 bridgehead atoms. The molecular formula is C21H32N4OS+2. The monoisotopic (exact) mass is 388 g/mol. The van der Waals surface area contributed by atoms with Gasteiger partial charge in [0.25, 0.3) is 5.91 Å². The maximum Gasteiger partial charge on any atom is 0.275 e. The van der Waals surface area contributed by atoms with Crippen molar-refractivity contribution in [3.05, 3.63) is 29.3 Å². The van der Waals surface area contributed by atoms with Crippen LogP contribution in [0, 0.1) is 0 Å². The van der Waals surface area contributed by atoms with E-state index < -0.39 is 0 Å². The van der Waals surface area contributed by atoms with Gasteiger partial charge in [0.1, 0.15) is 5.01 Å². The molecule has 3 N–H and O–H groups in total. The van der Waals surface area contributed by atoms with Crippen molar-refractivity contribution in [3.63, 3.8) is 0 Å². The maximum atomic E-state index is 12.6. The number of amides is 1. The molecule has 2 aromatic rings. The molecule has 27 heavy (non-hydrogen) atoms. The van der Waals surface area contributed by atoms with E-state index in [1.54, 1.807) is 4.90 Å². The summed E-state index contributed by atoms with van der Waals surface area (Å²) >= 11 is 1.83. The largest absolute Gasteiger partial charge is 0.348 e. The van der Waals surface area contributed by atoms with E-state index in [0.717, 1.165) is 31.4 Å². The Bertz CT molecular complexity index is 735. The zero-order valence-corrected chi connectivity index (χ0v) is 17.1. The van der Waals surface area contributed by atoms with Crippen LogP contribution in [0.2, 0.25) is 0 Å². The first-order valence-corrected chi connectivity index (χ1v) is 11.3. The third-order valence-corrected chi connectivity index (χ3v) is 7.44. The summed E-state index contributed by atoms with van der Waals surface area (Å²) in [5.74, 6) is 0.732. The van der Waals surface area contributed by atoms with Crippen LogP contribution in [-0.2, 0) is 4.79 Å². The second-order valence-corrected chi connectivity index (χ2v) is 9.25. The molecule has 2 saturated heterocycles. The zero-order valence-electron chi connectivity index (χ0n) is 16.3. The second-order valence-electron chi connectivity index (χ2n) is 8.19. The number of benzene rings is 1. The molecule has 2 fully saturated rings. The minimum Gasteiger partial charge on any atom is -0.348 e. The number of aromatic nitrogens is 1. The number of hydrogen-bond donors (Lipinski definition) is 3. The Kier molecular flexibility index (Phi) is 6.05. The smallest absolute Gasteiger partial charge is 0.275 e. The summed E-state index contributed by atoms with van der Waals surface area (Å²) < 4.78 is 1.28. The van der Waals surface area contributed by atoms with Crippen molar-refractivity contribution in [2.75, 3.05) is 39.3 Å². The molecule has 5 nitrogen and oxygen atoms in total. The van der Waals surface area contributed by atoms with Crippen LogP contribution in [0.4, 0.5) is 0 Å². The van der Waals surface area contributed by atoms with E-state index in [-0.39, 0.29) is 5.91 Å². The van der Waals surface area contributed by atoms with Crippen molar-refractivity contribution in [3.8, 4) is 0 Å². The van der Waals surface area contributed by atoms with Gasteiger partial charge in [-0.05, 0) is 31.9 Å². The van der Waals surface area contributed by atoms with E-state index in [1.165, 1.54) is 47.1 Å². The lowest BCUT2D eigenvalue weighted by Crippen LogP contribution is -3.14. The number of para-hydroxylation sites is 1. The van der Waals surface area contributed by atoms with Crippen LogP contribution in [0.1, 0.15) is 43.5 Å². The lowest BCUT2D eigenvalue weighted by molar-refractivity contribution is -0.903. The minimum absolute atomic E-state index is 0.236. The predicted octanol–water partition coefficient (Wildman–Crippen LogP) is 0.242. The number of carbonyl (C=O) groups is 1. The number of hydrogen-bond acceptors (Lipinski definition) is 3. The molecule has 0 radical (unpaired) electrons. The van der Waals surface area contributed by atoms with Gasteiger partial charge in [-0.25, -0.2) is 4.98 Å². The van der Waals surface area contributed by atoms with E-state index in [0.29, 0.717) is 18.5 Å². The van der Waals surface area contributed by atoms with E-state index in [1.807, 2.05) is 11.3 Å². The van der Waals surface area contributed by atoms with Crippen LogP contribution in [0.5, 0.6) is 0 Å². The molecular weight excluding hydrogens is 356 g/mol. The van der Waals surface area contributed by atoms with Crippen LogP contribution in [0.3, 0.4) is 0 Å². The molecule has 1 amide bonds. The molecule has 2 aliphatic rings. The number of thiazole rings is 1. The van der Waals surface area contributed by atoms with E-state index in [9.17, 15) is 4.79 Å². The van der Waals surface area contributed by atoms with Gasteiger partial charge in [-0.3, -0.25) is 4.79 Å². The highest BCUT2D eigenvalue weighted by Gasteiger charge is 2.29. The summed E-state index contributed by atoms with van der Waals surface area (Å²) in [6.45, 7) is 8.58. The van der Waals surface area contributed by atoms with Gasteiger partial charge in [-0.2, -0.15) is 0 Å². The molecule has 3 heterocycles. The molecule has 1 aromatic carbocycles. The molecule has 146 valence electrons. The highest BCUT2D eigenvalue weighted by atomic mass is 32.1. The average molecular weight is 389 g/mol. The summed E-state index contributed by atoms with van der Waals surface area (Å²) in [6, 6.07) is 8.78. The lowest BCUT2D eigenvalue weighted by atomic mass is 9.98. The van der Waals surface area contributed by atoms with Gasteiger partial charge < -0.3 is 15.1 Å². The Morgan fingerprint density at radius 1 is 1.19 bits per heavy atom. The fraction of sp³-hybridized carbons (Fsp3) is 0.619. The highest BCUT2D eigenvalue weighted by molar-refractivity contribution is 7.18. The van der Waals surface area contributed by atoms with Crippen molar-refractivity contribution in [1.29, 1.82) is 0 Å². The van der Waals surface area contributed by atoms with Gasteiger partial charge in [0, 0.05) is 18.9 Å². The summed E-state index contributed by atoms with van der Waals surface area (Å²) in [5, 5.41) is 4.55. The van der Waals surface area contributed by atoms with Gasteiger partial charge in [-0.1, -0.05) is 12.1 Å². The average Bonchev–Trinajstić information content (AvgIpc) is 3.13. The van der Waals surface area contributed by atoms with Crippen molar-refractivity contribution in [2.45, 2.75) is 44.6 Å². The summed E-state index contributed by atoms with van der Waals surface area (Å²) in [5.41, 5.74) is 1.11. The third kappa shape index (κ3) is 4.68. The van der Waals surface area contributed by atoms with Crippen LogP contribution in [-0.4, -0.2) is 56.2 Å². The standard InChI is InChI=1S/C21H30N4OS/c1-2-24-12-9-17(10-13-24)22-20(26)15-25-11-5-6-16(14-25)21-23-18-7-3-4-8-19(18)27-21/h3-4,7-8,16-17H,2,5-6,9-15H2,1H3,(H,22,26)/p+2/t16-/m1/s1. The van der Waals surface area contributed by atoms with E-state index >= 15 is 0 Å². The van der Waals surface area contributed by atoms with Crippen LogP contribution in [0.15, 0.2) is 24.3 Å². The number of piperidine rings is 2. The van der Waals surface area contributed by atoms with Crippen LogP contribution >= 0.6 is 11.3 Å². The molecule has 2 aliphatic heterocycles. The van der Waals surface area contributed by atoms with Crippen molar-refractivity contribution < 1.29 is 14.6 Å². The first kappa shape index (κ1) is 18.8. The van der Waals surface area contributed by atoms with Gasteiger partial charge in [-0.15, -0.1) is 11.3 Å². The molecule has 4 rings (SSSR count). The lowest BCUT2D eigenvalue weighted by Gasteiger charge is -2.31. The Morgan fingerprint density at radius 2 is 2.00 bits per heavy atom. The van der Waals surface area contributed by atoms with Gasteiger partial charge >= 0.3 is 0 Å². The highest BCUT2D eigenvalue weighted by Crippen LogP contribution is 2.30. The van der Waals surface area contributed by atoms with E-state index in [4.69, 9.17) is 4.98 Å². The predicted molar refractivity (Wildman–Crippen MR) is 110 cm³/mol. The van der Waals surface area contributed by atoms with Crippen LogP contribution in [0.25, 0.3) is 10.2 Å². The van der Waals surface area contributed by atoms with Crippen molar-refractivity contribution in [1.82, 2.24) is 10.3 Å². The molecule has 0 saturated carbocycles. The number of likely N-dealkylation sites (tertiary alicyclic amines) is 2. The quantitative estimate of drug-likeness (QED) is 0.687. The number of carbonyl (C=O) groups excluding carboxylic acids is 1. The van der Waals surface area contributed by atoms with Gasteiger partial charge in [0.15, 0.2) is 6.54 Å². The van der Waals surface area contributed by atoms with Gasteiger partial charge in [0.05, 0.1) is 48.9 Å². The summed E-state index contributed by atoms with van der Waals surface area (Å²) in [7, 11) is 0. The molecule has 6 heteroatoms. The van der Waals surface area contributed by atoms with Crippen LogP contribution < -0.4 is 15.1 Å². The molecule has 1 unspecified atom stereocenters. The van der Waals surface area contributed by atoms with Gasteiger partial charge in [0.2, 0.25) is 0 Å². The minimum atomic E-state index is 0.236. The fourth-order valence-corrected chi connectivity index (χ4v) is 5.72. The summed E-state index contributed by atoms with van der Waals surface area (Å²) in [6.07, 6.45) is 4.63.